The lowest BCUT2D eigenvalue weighted by molar-refractivity contribution is 0.100. The van der Waals surface area contributed by atoms with E-state index in [4.69, 9.17) is 5.73 Å². The molecule has 0 saturated carbocycles. The molecule has 0 aliphatic rings. The van der Waals surface area contributed by atoms with E-state index in [1.165, 1.54) is 6.20 Å². The largest absolute Gasteiger partial charge is 0.365 e. The molecular formula is C9H9N3O. The van der Waals surface area contributed by atoms with Crippen molar-refractivity contribution in [2.45, 2.75) is 6.92 Å². The van der Waals surface area contributed by atoms with Crippen LogP contribution in [0, 0.1) is 6.92 Å². The molecule has 0 radical (unpaired) electrons. The molecule has 2 aromatic rings. The molecule has 0 aliphatic heterocycles. The first-order chi connectivity index (χ1) is 6.18. The second-order valence-corrected chi connectivity index (χ2v) is 2.96. The number of carbonyl (C=O) groups excluding carboxylic acids is 1. The molecule has 2 aromatic heterocycles. The number of hydrogen-bond donors (Lipinski definition) is 1. The van der Waals surface area contributed by atoms with E-state index < -0.39 is 5.91 Å². The van der Waals surface area contributed by atoms with Gasteiger partial charge >= 0.3 is 0 Å². The van der Waals surface area contributed by atoms with Gasteiger partial charge in [-0.15, -0.1) is 0 Å². The monoisotopic (exact) mass is 175 g/mol. The summed E-state index contributed by atoms with van der Waals surface area (Å²) in [5.74, 6) is -0.446. The first-order valence-electron chi connectivity index (χ1n) is 3.92. The van der Waals surface area contributed by atoms with Crippen molar-refractivity contribution in [2.24, 2.45) is 5.73 Å². The Morgan fingerprint density at radius 1 is 1.54 bits per heavy atom. The number of pyridine rings is 1. The van der Waals surface area contributed by atoms with Crippen LogP contribution in [-0.4, -0.2) is 15.5 Å². The Bertz CT molecular complexity index is 473. The van der Waals surface area contributed by atoms with Gasteiger partial charge in [-0.25, -0.2) is 4.52 Å². The van der Waals surface area contributed by atoms with Gasteiger partial charge in [0.25, 0.3) is 5.91 Å². The van der Waals surface area contributed by atoms with Crippen molar-refractivity contribution < 1.29 is 4.79 Å². The van der Waals surface area contributed by atoms with Crippen LogP contribution in [-0.2, 0) is 0 Å². The van der Waals surface area contributed by atoms with Gasteiger partial charge in [-0.3, -0.25) is 4.79 Å². The standard InChI is InChI=1S/C9H9N3O/c1-6-2-3-8-7(9(10)13)4-11-12(8)5-6/h2-5H,1H3,(H2,10,13). The third-order valence-electron chi connectivity index (χ3n) is 1.93. The summed E-state index contributed by atoms with van der Waals surface area (Å²) in [5.41, 5.74) is 7.47. The number of aryl methyl sites for hydroxylation is 1. The molecule has 0 bridgehead atoms. The molecule has 0 aromatic carbocycles. The Labute approximate surface area is 75.0 Å². The maximum atomic E-state index is 10.9. The van der Waals surface area contributed by atoms with E-state index in [1.54, 1.807) is 4.52 Å². The first kappa shape index (κ1) is 7.79. The van der Waals surface area contributed by atoms with E-state index in [9.17, 15) is 4.79 Å². The zero-order chi connectivity index (χ0) is 9.42. The summed E-state index contributed by atoms with van der Waals surface area (Å²) >= 11 is 0. The van der Waals surface area contributed by atoms with Crippen LogP contribution in [0.15, 0.2) is 24.5 Å². The van der Waals surface area contributed by atoms with Crippen molar-refractivity contribution in [1.29, 1.82) is 0 Å². The summed E-state index contributed by atoms with van der Waals surface area (Å²) in [6.45, 7) is 1.96. The van der Waals surface area contributed by atoms with E-state index in [1.807, 2.05) is 25.3 Å². The van der Waals surface area contributed by atoms with Gasteiger partial charge < -0.3 is 5.73 Å². The van der Waals surface area contributed by atoms with Gasteiger partial charge in [0.2, 0.25) is 0 Å². The Morgan fingerprint density at radius 3 is 3.00 bits per heavy atom. The molecule has 66 valence electrons. The maximum Gasteiger partial charge on any atom is 0.252 e. The fourth-order valence-electron chi connectivity index (χ4n) is 1.28. The van der Waals surface area contributed by atoms with E-state index in [2.05, 4.69) is 5.10 Å². The van der Waals surface area contributed by atoms with Gasteiger partial charge in [-0.2, -0.15) is 5.10 Å². The van der Waals surface area contributed by atoms with Crippen LogP contribution in [0.25, 0.3) is 5.52 Å². The van der Waals surface area contributed by atoms with Crippen molar-refractivity contribution in [3.05, 3.63) is 35.7 Å². The van der Waals surface area contributed by atoms with Crippen LogP contribution in [0.2, 0.25) is 0 Å². The fraction of sp³-hybridized carbons (Fsp3) is 0.111. The zero-order valence-corrected chi connectivity index (χ0v) is 7.19. The number of aromatic nitrogens is 2. The molecule has 0 saturated heterocycles. The highest BCUT2D eigenvalue weighted by atomic mass is 16.1. The van der Waals surface area contributed by atoms with Crippen molar-refractivity contribution in [3.8, 4) is 0 Å². The Morgan fingerprint density at radius 2 is 2.31 bits per heavy atom. The lowest BCUT2D eigenvalue weighted by atomic mass is 10.2. The number of nitrogens with two attached hydrogens (primary N) is 1. The second-order valence-electron chi connectivity index (χ2n) is 2.96. The molecule has 13 heavy (non-hydrogen) atoms. The molecule has 1 amide bonds. The third kappa shape index (κ3) is 1.16. The average Bonchev–Trinajstić information content (AvgIpc) is 2.46. The molecule has 4 nitrogen and oxygen atoms in total. The maximum absolute atomic E-state index is 10.9. The van der Waals surface area contributed by atoms with Crippen LogP contribution >= 0.6 is 0 Å². The van der Waals surface area contributed by atoms with Gasteiger partial charge in [0.05, 0.1) is 17.3 Å². The highest BCUT2D eigenvalue weighted by molar-refractivity contribution is 5.99. The fourth-order valence-corrected chi connectivity index (χ4v) is 1.28. The van der Waals surface area contributed by atoms with Crippen LogP contribution in [0.3, 0.4) is 0 Å². The highest BCUT2D eigenvalue weighted by Crippen LogP contribution is 2.10. The van der Waals surface area contributed by atoms with Gasteiger partial charge in [0.1, 0.15) is 0 Å². The van der Waals surface area contributed by atoms with Crippen LogP contribution < -0.4 is 5.73 Å². The van der Waals surface area contributed by atoms with E-state index in [0.717, 1.165) is 11.1 Å². The van der Waals surface area contributed by atoms with Gasteiger partial charge in [-0.1, -0.05) is 6.07 Å². The normalized spacial score (nSPS) is 10.5. The number of fused-ring (bicyclic) bond motifs is 1. The van der Waals surface area contributed by atoms with Crippen molar-refractivity contribution in [3.63, 3.8) is 0 Å². The van der Waals surface area contributed by atoms with Crippen molar-refractivity contribution in [2.75, 3.05) is 0 Å². The molecular weight excluding hydrogens is 166 g/mol. The number of nitrogens with zero attached hydrogens (tertiary/aromatic N) is 2. The Balaban J connectivity index is 2.76. The van der Waals surface area contributed by atoms with Crippen molar-refractivity contribution in [1.82, 2.24) is 9.61 Å². The lowest BCUT2D eigenvalue weighted by Crippen LogP contribution is -2.10. The van der Waals surface area contributed by atoms with Crippen LogP contribution in [0.4, 0.5) is 0 Å². The first-order valence-corrected chi connectivity index (χ1v) is 3.92. The predicted octanol–water partition coefficient (Wildman–Crippen LogP) is 0.742. The lowest BCUT2D eigenvalue weighted by Gasteiger charge is -1.95. The molecule has 0 spiro atoms. The Kier molecular flexibility index (Phi) is 1.55. The smallest absolute Gasteiger partial charge is 0.252 e. The summed E-state index contributed by atoms with van der Waals surface area (Å²) in [4.78, 5) is 10.9. The molecule has 2 heterocycles. The van der Waals surface area contributed by atoms with E-state index in [0.29, 0.717) is 5.56 Å². The number of hydrogen-bond acceptors (Lipinski definition) is 2. The zero-order valence-electron chi connectivity index (χ0n) is 7.19. The topological polar surface area (TPSA) is 60.4 Å². The molecule has 0 unspecified atom stereocenters. The molecule has 2 rings (SSSR count). The van der Waals surface area contributed by atoms with Crippen LogP contribution in [0.5, 0.6) is 0 Å². The quantitative estimate of drug-likeness (QED) is 0.694. The summed E-state index contributed by atoms with van der Waals surface area (Å²) in [6, 6.07) is 3.76. The van der Waals surface area contributed by atoms with Gasteiger partial charge in [-0.05, 0) is 18.6 Å². The minimum absolute atomic E-state index is 0.446. The number of amides is 1. The van der Waals surface area contributed by atoms with Crippen molar-refractivity contribution >= 4 is 11.4 Å². The minimum Gasteiger partial charge on any atom is -0.365 e. The summed E-state index contributed by atoms with van der Waals surface area (Å²) in [6.07, 6.45) is 3.33. The molecule has 0 aliphatic carbocycles. The van der Waals surface area contributed by atoms with Gasteiger partial charge in [0, 0.05) is 6.20 Å². The molecule has 4 heteroatoms. The average molecular weight is 175 g/mol. The summed E-state index contributed by atoms with van der Waals surface area (Å²) < 4.78 is 1.65. The molecule has 2 N–H and O–H groups in total. The number of carbonyl (C=O) groups is 1. The second kappa shape index (κ2) is 2.58. The highest BCUT2D eigenvalue weighted by Gasteiger charge is 2.07. The minimum atomic E-state index is -0.446. The van der Waals surface area contributed by atoms with Gasteiger partial charge in [0.15, 0.2) is 0 Å². The molecule has 0 atom stereocenters. The third-order valence-corrected chi connectivity index (χ3v) is 1.93. The van der Waals surface area contributed by atoms with E-state index in [-0.39, 0.29) is 0 Å². The number of primary amides is 1. The summed E-state index contributed by atoms with van der Waals surface area (Å²) in [7, 11) is 0. The summed E-state index contributed by atoms with van der Waals surface area (Å²) in [5, 5.41) is 4.02. The van der Waals surface area contributed by atoms with E-state index >= 15 is 0 Å². The predicted molar refractivity (Wildman–Crippen MR) is 48.4 cm³/mol. The van der Waals surface area contributed by atoms with Crippen LogP contribution in [0.1, 0.15) is 15.9 Å². The SMILES string of the molecule is Cc1ccc2c(C(N)=O)cnn2c1. The Hall–Kier alpha value is -1.84. The number of rotatable bonds is 1. The molecule has 0 fully saturated rings.